The molecular weight excluding hydrogens is 236 g/mol. The fraction of sp³-hybridized carbons (Fsp3) is 0.438. The molecule has 0 bridgehead atoms. The molecule has 0 fully saturated rings. The molecule has 3 nitrogen and oxygen atoms in total. The van der Waals surface area contributed by atoms with E-state index in [0.29, 0.717) is 6.04 Å². The normalized spacial score (nSPS) is 12.6. The number of carbonyl (C=O) groups is 1. The Labute approximate surface area is 116 Å². The van der Waals surface area contributed by atoms with Gasteiger partial charge in [0.1, 0.15) is 0 Å². The van der Waals surface area contributed by atoms with Gasteiger partial charge in [0.2, 0.25) is 5.91 Å². The molecule has 0 aliphatic rings. The van der Waals surface area contributed by atoms with Gasteiger partial charge < -0.3 is 10.2 Å². The molecule has 0 saturated carbocycles. The van der Waals surface area contributed by atoms with Crippen molar-refractivity contribution in [2.75, 3.05) is 11.9 Å². The molecule has 19 heavy (non-hydrogen) atoms. The first-order valence-corrected chi connectivity index (χ1v) is 6.58. The van der Waals surface area contributed by atoms with Gasteiger partial charge in [-0.25, -0.2) is 0 Å². The number of rotatable bonds is 6. The van der Waals surface area contributed by atoms with Crippen molar-refractivity contribution >= 4 is 11.6 Å². The average molecular weight is 260 g/mol. The van der Waals surface area contributed by atoms with Crippen LogP contribution in [0.1, 0.15) is 27.2 Å². The van der Waals surface area contributed by atoms with Gasteiger partial charge in [0.25, 0.3) is 0 Å². The Hall–Kier alpha value is -1.77. The number of hydrogen-bond donors (Lipinski definition) is 1. The van der Waals surface area contributed by atoms with Crippen molar-refractivity contribution in [1.82, 2.24) is 5.32 Å². The fourth-order valence-electron chi connectivity index (χ4n) is 2.23. The van der Waals surface area contributed by atoms with Crippen molar-refractivity contribution in [3.05, 3.63) is 43.0 Å². The Kier molecular flexibility index (Phi) is 5.16. The molecule has 1 rings (SSSR count). The predicted molar refractivity (Wildman–Crippen MR) is 81.3 cm³/mol. The van der Waals surface area contributed by atoms with Crippen LogP contribution in [0.25, 0.3) is 0 Å². The van der Waals surface area contributed by atoms with Gasteiger partial charge in [0.05, 0.1) is 0 Å². The average Bonchev–Trinajstić information content (AvgIpc) is 2.37. The highest BCUT2D eigenvalue weighted by Crippen LogP contribution is 2.20. The number of hydrogen-bond acceptors (Lipinski definition) is 2. The van der Waals surface area contributed by atoms with E-state index in [0.717, 1.165) is 6.42 Å². The van der Waals surface area contributed by atoms with Crippen LogP contribution in [-0.2, 0) is 4.79 Å². The van der Waals surface area contributed by atoms with Crippen LogP contribution < -0.4 is 10.2 Å². The first-order chi connectivity index (χ1) is 8.85. The zero-order valence-electron chi connectivity index (χ0n) is 12.3. The number of nitrogens with zero attached hydrogens (tertiary/aromatic N) is 1. The van der Waals surface area contributed by atoms with E-state index in [1.165, 1.54) is 11.8 Å². The molecule has 1 unspecified atom stereocenters. The second-order valence-corrected chi connectivity index (χ2v) is 5.58. The van der Waals surface area contributed by atoms with E-state index >= 15 is 0 Å². The summed E-state index contributed by atoms with van der Waals surface area (Å²) in [6.07, 6.45) is 2.17. The highest BCUT2D eigenvalue weighted by molar-refractivity contribution is 5.87. The lowest BCUT2D eigenvalue weighted by Gasteiger charge is -2.34. The van der Waals surface area contributed by atoms with Crippen molar-refractivity contribution in [2.45, 2.75) is 38.8 Å². The van der Waals surface area contributed by atoms with Crippen LogP contribution in [0.3, 0.4) is 0 Å². The molecular formula is C16H24N2O. The van der Waals surface area contributed by atoms with Gasteiger partial charge in [-0.3, -0.25) is 4.79 Å². The smallest absolute Gasteiger partial charge is 0.243 e. The number of anilines is 1. The summed E-state index contributed by atoms with van der Waals surface area (Å²) in [5.74, 6) is -0.125. The van der Waals surface area contributed by atoms with Crippen molar-refractivity contribution in [2.24, 2.45) is 0 Å². The van der Waals surface area contributed by atoms with Gasteiger partial charge in [-0.1, -0.05) is 24.8 Å². The van der Waals surface area contributed by atoms with Crippen LogP contribution in [0.2, 0.25) is 0 Å². The summed E-state index contributed by atoms with van der Waals surface area (Å²) in [5, 5.41) is 2.96. The molecule has 1 aromatic carbocycles. The highest BCUT2D eigenvalue weighted by Gasteiger charge is 2.24. The van der Waals surface area contributed by atoms with E-state index in [-0.39, 0.29) is 11.4 Å². The van der Waals surface area contributed by atoms with Gasteiger partial charge in [0, 0.05) is 24.3 Å². The molecule has 0 heterocycles. The van der Waals surface area contributed by atoms with Crippen LogP contribution in [0.4, 0.5) is 5.69 Å². The van der Waals surface area contributed by atoms with Crippen LogP contribution in [-0.4, -0.2) is 24.5 Å². The van der Waals surface area contributed by atoms with Gasteiger partial charge in [-0.2, -0.15) is 0 Å². The number of nitrogens with one attached hydrogen (secondary N) is 1. The molecule has 1 N–H and O–H groups in total. The third kappa shape index (κ3) is 4.78. The molecule has 0 spiro atoms. The van der Waals surface area contributed by atoms with E-state index < -0.39 is 0 Å². The lowest BCUT2D eigenvalue weighted by molar-refractivity contribution is -0.118. The summed E-state index contributed by atoms with van der Waals surface area (Å²) in [6.45, 7) is 9.71. The zero-order chi connectivity index (χ0) is 14.5. The predicted octanol–water partition coefficient (Wildman–Crippen LogP) is 2.98. The Morgan fingerprint density at radius 3 is 2.53 bits per heavy atom. The molecule has 1 aromatic rings. The molecule has 104 valence electrons. The standard InChI is InChI=1S/C16H24N2O/c1-6-15(19)17-16(3,4)12-13(2)18(5)14-10-8-7-9-11-14/h6-11,13H,1,12H2,2-5H3,(H,17,19). The Morgan fingerprint density at radius 2 is 2.00 bits per heavy atom. The van der Waals surface area contributed by atoms with Crippen LogP contribution >= 0.6 is 0 Å². The molecule has 1 atom stereocenters. The maximum atomic E-state index is 11.4. The van der Waals surface area contributed by atoms with E-state index in [2.05, 4.69) is 42.9 Å². The molecule has 1 amide bonds. The van der Waals surface area contributed by atoms with E-state index in [1.54, 1.807) is 0 Å². The van der Waals surface area contributed by atoms with E-state index in [9.17, 15) is 4.79 Å². The summed E-state index contributed by atoms with van der Waals surface area (Å²) in [7, 11) is 2.07. The molecule has 3 heteroatoms. The Balaban J connectivity index is 2.66. The molecule has 0 saturated heterocycles. The van der Waals surface area contributed by atoms with Gasteiger partial charge in [-0.05, 0) is 45.4 Å². The van der Waals surface area contributed by atoms with E-state index in [4.69, 9.17) is 0 Å². The summed E-state index contributed by atoms with van der Waals surface area (Å²) in [4.78, 5) is 13.6. The van der Waals surface area contributed by atoms with Crippen molar-refractivity contribution < 1.29 is 4.79 Å². The minimum Gasteiger partial charge on any atom is -0.372 e. The summed E-state index contributed by atoms with van der Waals surface area (Å²) in [5.41, 5.74) is 0.925. The number of amides is 1. The Morgan fingerprint density at radius 1 is 1.42 bits per heavy atom. The van der Waals surface area contributed by atoms with Crippen LogP contribution in [0, 0.1) is 0 Å². The first-order valence-electron chi connectivity index (χ1n) is 6.58. The lowest BCUT2D eigenvalue weighted by atomic mass is 9.95. The second-order valence-electron chi connectivity index (χ2n) is 5.58. The quantitative estimate of drug-likeness (QED) is 0.798. The van der Waals surface area contributed by atoms with E-state index in [1.807, 2.05) is 32.0 Å². The third-order valence-corrected chi connectivity index (χ3v) is 3.28. The lowest BCUT2D eigenvalue weighted by Crippen LogP contribution is -2.47. The van der Waals surface area contributed by atoms with Gasteiger partial charge >= 0.3 is 0 Å². The topological polar surface area (TPSA) is 32.3 Å². The molecule has 0 radical (unpaired) electrons. The number of para-hydroxylation sites is 1. The van der Waals surface area contributed by atoms with Crippen LogP contribution in [0.15, 0.2) is 43.0 Å². The second kappa shape index (κ2) is 6.41. The largest absolute Gasteiger partial charge is 0.372 e. The van der Waals surface area contributed by atoms with Gasteiger partial charge in [0.15, 0.2) is 0 Å². The number of benzene rings is 1. The first kappa shape index (κ1) is 15.3. The highest BCUT2D eigenvalue weighted by atomic mass is 16.1. The molecule has 0 aliphatic heterocycles. The van der Waals surface area contributed by atoms with Crippen molar-refractivity contribution in [1.29, 1.82) is 0 Å². The summed E-state index contributed by atoms with van der Waals surface area (Å²) < 4.78 is 0. The zero-order valence-corrected chi connectivity index (χ0v) is 12.3. The van der Waals surface area contributed by atoms with Crippen LogP contribution in [0.5, 0.6) is 0 Å². The summed E-state index contributed by atoms with van der Waals surface area (Å²) in [6, 6.07) is 10.6. The number of carbonyl (C=O) groups excluding carboxylic acids is 1. The monoisotopic (exact) mass is 260 g/mol. The SMILES string of the molecule is C=CC(=O)NC(C)(C)CC(C)N(C)c1ccccc1. The molecule has 0 aromatic heterocycles. The maximum Gasteiger partial charge on any atom is 0.243 e. The minimum atomic E-state index is -0.256. The summed E-state index contributed by atoms with van der Waals surface area (Å²) >= 11 is 0. The maximum absolute atomic E-state index is 11.4. The van der Waals surface area contributed by atoms with Crippen molar-refractivity contribution in [3.8, 4) is 0 Å². The molecule has 0 aliphatic carbocycles. The minimum absolute atomic E-state index is 0.125. The van der Waals surface area contributed by atoms with Crippen molar-refractivity contribution in [3.63, 3.8) is 0 Å². The fourth-order valence-corrected chi connectivity index (χ4v) is 2.23. The van der Waals surface area contributed by atoms with Gasteiger partial charge in [-0.15, -0.1) is 0 Å². The Bertz CT molecular complexity index is 426. The third-order valence-electron chi connectivity index (χ3n) is 3.28.